The number of carbonyl (C=O) groups is 1. The minimum Gasteiger partial charge on any atom is -0.348 e. The van der Waals surface area contributed by atoms with Crippen molar-refractivity contribution in [2.75, 3.05) is 5.75 Å². The number of nitrogens with zero attached hydrogens (tertiary/aromatic N) is 2. The minimum absolute atomic E-state index is 0.0447. The first-order valence-corrected chi connectivity index (χ1v) is 8.56. The molecule has 0 aromatic carbocycles. The lowest BCUT2D eigenvalue weighted by Gasteiger charge is -2.21. The number of hydrogen-bond donors (Lipinski definition) is 2. The first-order valence-electron chi connectivity index (χ1n) is 6.22. The maximum Gasteiger partial charge on any atom is 0.238 e. The summed E-state index contributed by atoms with van der Waals surface area (Å²) in [6.45, 7) is 0.388. The van der Waals surface area contributed by atoms with Crippen molar-refractivity contribution in [1.29, 1.82) is 0 Å². The van der Waals surface area contributed by atoms with E-state index in [2.05, 4.69) is 27.0 Å². The first kappa shape index (κ1) is 13.8. The van der Waals surface area contributed by atoms with Gasteiger partial charge in [0.15, 0.2) is 10.6 Å². The van der Waals surface area contributed by atoms with Crippen LogP contribution in [0.15, 0.2) is 11.4 Å². The van der Waals surface area contributed by atoms with Crippen molar-refractivity contribution < 1.29 is 4.79 Å². The van der Waals surface area contributed by atoms with E-state index in [0.29, 0.717) is 11.3 Å². The lowest BCUT2D eigenvalue weighted by atomic mass is 10.1. The molecule has 3 rings (SSSR count). The molecule has 1 atom stereocenters. The van der Waals surface area contributed by atoms with Gasteiger partial charge in [0.2, 0.25) is 5.91 Å². The molecular formula is C12H14N4OS3. The van der Waals surface area contributed by atoms with Crippen LogP contribution in [0.3, 0.4) is 0 Å². The fraction of sp³-hybridized carbons (Fsp3) is 0.417. The van der Waals surface area contributed by atoms with E-state index >= 15 is 0 Å². The molecule has 0 spiro atoms. The summed E-state index contributed by atoms with van der Waals surface area (Å²) in [6.07, 6.45) is 1.06. The molecule has 1 aliphatic heterocycles. The van der Waals surface area contributed by atoms with Crippen molar-refractivity contribution >= 4 is 41.2 Å². The van der Waals surface area contributed by atoms with Crippen LogP contribution in [-0.4, -0.2) is 26.4 Å². The molecule has 1 aliphatic rings. The van der Waals surface area contributed by atoms with Gasteiger partial charge in [0.1, 0.15) is 5.25 Å². The second-order valence-corrected chi connectivity index (χ2v) is 7.12. The zero-order valence-corrected chi connectivity index (χ0v) is 13.3. The third-order valence-corrected chi connectivity index (χ3v) is 5.91. The average Bonchev–Trinajstić information content (AvgIpc) is 3.04. The van der Waals surface area contributed by atoms with Crippen LogP contribution in [0.25, 0.3) is 0 Å². The molecule has 0 fully saturated rings. The lowest BCUT2D eigenvalue weighted by Crippen LogP contribution is -2.30. The molecule has 2 N–H and O–H groups in total. The molecule has 8 heteroatoms. The summed E-state index contributed by atoms with van der Waals surface area (Å²) in [5.41, 5.74) is 1.17. The number of fused-ring (bicyclic) bond motifs is 1. The van der Waals surface area contributed by atoms with Gasteiger partial charge in [-0.25, -0.2) is 0 Å². The fourth-order valence-electron chi connectivity index (χ4n) is 2.16. The molecule has 3 heterocycles. The Morgan fingerprint density at radius 2 is 2.55 bits per heavy atom. The number of carbonyl (C=O) groups excluding carboxylic acids is 1. The summed E-state index contributed by atoms with van der Waals surface area (Å²) in [5, 5.41) is 11.7. The van der Waals surface area contributed by atoms with Crippen molar-refractivity contribution in [3.8, 4) is 0 Å². The Labute approximate surface area is 129 Å². The van der Waals surface area contributed by atoms with E-state index in [1.165, 1.54) is 10.4 Å². The largest absolute Gasteiger partial charge is 0.348 e. The van der Waals surface area contributed by atoms with Crippen LogP contribution in [0.1, 0.15) is 21.5 Å². The second-order valence-electron chi connectivity index (χ2n) is 4.52. The van der Waals surface area contributed by atoms with Crippen molar-refractivity contribution in [3.05, 3.63) is 32.5 Å². The van der Waals surface area contributed by atoms with E-state index in [9.17, 15) is 4.79 Å². The topological polar surface area (TPSA) is 62.7 Å². The highest BCUT2D eigenvalue weighted by Gasteiger charge is 2.27. The van der Waals surface area contributed by atoms with Crippen LogP contribution < -0.4 is 5.32 Å². The number of aromatic nitrogens is 3. The SMILES string of the molecule is Cn1c(CNC(=O)[C@H]2SCCc3sccc32)n[nH]c1=S. The maximum atomic E-state index is 12.3. The van der Waals surface area contributed by atoms with Crippen LogP contribution in [0, 0.1) is 4.77 Å². The molecule has 5 nitrogen and oxygen atoms in total. The number of thiophene rings is 1. The summed E-state index contributed by atoms with van der Waals surface area (Å²) >= 11 is 8.49. The number of nitrogens with one attached hydrogen (secondary N) is 2. The molecule has 1 amide bonds. The number of amides is 1. The number of rotatable bonds is 3. The smallest absolute Gasteiger partial charge is 0.238 e. The average molecular weight is 326 g/mol. The van der Waals surface area contributed by atoms with Crippen molar-refractivity contribution in [1.82, 2.24) is 20.1 Å². The van der Waals surface area contributed by atoms with Gasteiger partial charge in [0.25, 0.3) is 0 Å². The summed E-state index contributed by atoms with van der Waals surface area (Å²) in [4.78, 5) is 13.7. The fourth-order valence-corrected chi connectivity index (χ4v) is 4.63. The molecule has 0 saturated heterocycles. The molecule has 0 saturated carbocycles. The van der Waals surface area contributed by atoms with Crippen LogP contribution in [0.4, 0.5) is 0 Å². The molecule has 0 unspecified atom stereocenters. The summed E-state index contributed by atoms with van der Waals surface area (Å²) < 4.78 is 2.32. The normalized spacial score (nSPS) is 17.8. The molecule has 0 bridgehead atoms. The van der Waals surface area contributed by atoms with Crippen LogP contribution in [0.2, 0.25) is 0 Å². The summed E-state index contributed by atoms with van der Waals surface area (Å²) in [7, 11) is 1.83. The lowest BCUT2D eigenvalue weighted by molar-refractivity contribution is -0.120. The van der Waals surface area contributed by atoms with E-state index in [0.717, 1.165) is 18.0 Å². The standard InChI is InChI=1S/C12H14N4OS3/c1-16-9(14-15-12(16)18)6-13-11(17)10-7-2-4-19-8(7)3-5-20-10/h2,4,10H,3,5-6H2,1H3,(H,13,17)(H,15,18)/t10-/m0/s1. The third kappa shape index (κ3) is 2.55. The van der Waals surface area contributed by atoms with Gasteiger partial charge < -0.3 is 9.88 Å². The van der Waals surface area contributed by atoms with Crippen molar-refractivity contribution in [2.45, 2.75) is 18.2 Å². The van der Waals surface area contributed by atoms with Crippen LogP contribution in [0.5, 0.6) is 0 Å². The van der Waals surface area contributed by atoms with Crippen molar-refractivity contribution in [3.63, 3.8) is 0 Å². The first-order chi connectivity index (χ1) is 9.66. The molecule has 0 radical (unpaired) electrons. The third-order valence-electron chi connectivity index (χ3n) is 3.31. The Bertz CT molecular complexity index is 687. The van der Waals surface area contributed by atoms with E-state index in [4.69, 9.17) is 12.2 Å². The zero-order chi connectivity index (χ0) is 14.1. The summed E-state index contributed by atoms with van der Waals surface area (Å²) in [5.74, 6) is 1.77. The van der Waals surface area contributed by atoms with Gasteiger partial charge in [-0.15, -0.1) is 23.1 Å². The Hall–Kier alpha value is -1.12. The maximum absolute atomic E-state index is 12.3. The molecular weight excluding hydrogens is 312 g/mol. The monoisotopic (exact) mass is 326 g/mol. The Balaban J connectivity index is 1.69. The van der Waals surface area contributed by atoms with Crippen LogP contribution >= 0.6 is 35.3 Å². The van der Waals surface area contributed by atoms with Gasteiger partial charge in [0.05, 0.1) is 6.54 Å². The van der Waals surface area contributed by atoms with Crippen LogP contribution in [-0.2, 0) is 24.8 Å². The molecule has 2 aromatic heterocycles. The Kier molecular flexibility index (Phi) is 3.95. The second kappa shape index (κ2) is 5.71. The van der Waals surface area contributed by atoms with Gasteiger partial charge in [-0.2, -0.15) is 5.10 Å². The molecule has 20 heavy (non-hydrogen) atoms. The molecule has 106 valence electrons. The number of hydrogen-bond acceptors (Lipinski definition) is 5. The van der Waals surface area contributed by atoms with Gasteiger partial charge in [-0.05, 0) is 41.4 Å². The van der Waals surface area contributed by atoms with E-state index < -0.39 is 0 Å². The van der Waals surface area contributed by atoms with Gasteiger partial charge in [-0.3, -0.25) is 9.89 Å². The van der Waals surface area contributed by atoms with E-state index in [-0.39, 0.29) is 11.2 Å². The highest BCUT2D eigenvalue weighted by molar-refractivity contribution is 8.00. The number of H-pyrrole nitrogens is 1. The predicted molar refractivity (Wildman–Crippen MR) is 83.5 cm³/mol. The minimum atomic E-state index is -0.0998. The van der Waals surface area contributed by atoms with Gasteiger partial charge in [0, 0.05) is 11.9 Å². The number of aryl methyl sites for hydroxylation is 1. The number of aromatic amines is 1. The Morgan fingerprint density at radius 3 is 3.30 bits per heavy atom. The predicted octanol–water partition coefficient (Wildman–Crippen LogP) is 2.19. The number of thioether (sulfide) groups is 1. The van der Waals surface area contributed by atoms with Gasteiger partial charge in [-0.1, -0.05) is 0 Å². The highest BCUT2D eigenvalue weighted by atomic mass is 32.2. The van der Waals surface area contributed by atoms with Crippen molar-refractivity contribution in [2.24, 2.45) is 7.05 Å². The molecule has 2 aromatic rings. The highest BCUT2D eigenvalue weighted by Crippen LogP contribution is 2.39. The zero-order valence-electron chi connectivity index (χ0n) is 10.9. The Morgan fingerprint density at radius 1 is 1.70 bits per heavy atom. The quantitative estimate of drug-likeness (QED) is 0.849. The van der Waals surface area contributed by atoms with E-state index in [1.807, 2.05) is 7.05 Å². The van der Waals surface area contributed by atoms with Gasteiger partial charge >= 0.3 is 0 Å². The molecule has 0 aliphatic carbocycles. The summed E-state index contributed by atoms with van der Waals surface area (Å²) in [6, 6.07) is 2.06. The van der Waals surface area contributed by atoms with E-state index in [1.54, 1.807) is 27.7 Å².